The van der Waals surface area contributed by atoms with Crippen molar-refractivity contribution in [3.8, 4) is 0 Å². The maximum Gasteiger partial charge on any atom is 0.264 e. The zero-order valence-electron chi connectivity index (χ0n) is 20.9. The number of amides is 2. The Bertz CT molecular complexity index is 1610. The summed E-state index contributed by atoms with van der Waals surface area (Å²) < 4.78 is 27.8. The number of sulfonamides is 1. The van der Waals surface area contributed by atoms with Crippen molar-refractivity contribution in [2.45, 2.75) is 11.8 Å². The number of benzene rings is 4. The Hall–Kier alpha value is -4.47. The summed E-state index contributed by atoms with van der Waals surface area (Å²) in [5.41, 5.74) is 4.86. The van der Waals surface area contributed by atoms with Gasteiger partial charge in [-0.1, -0.05) is 66.2 Å². The number of nitrogens with zero attached hydrogens (tertiary/aromatic N) is 2. The van der Waals surface area contributed by atoms with Gasteiger partial charge >= 0.3 is 0 Å². The van der Waals surface area contributed by atoms with E-state index < -0.39 is 22.5 Å². The van der Waals surface area contributed by atoms with Gasteiger partial charge in [0, 0.05) is 16.3 Å². The Kier molecular flexibility index (Phi) is 8.75. The molecule has 198 valence electrons. The Morgan fingerprint density at radius 2 is 1.46 bits per heavy atom. The van der Waals surface area contributed by atoms with Gasteiger partial charge in [0.2, 0.25) is 0 Å². The van der Waals surface area contributed by atoms with Crippen LogP contribution in [0.4, 0.5) is 11.4 Å². The highest BCUT2D eigenvalue weighted by Gasteiger charge is 2.27. The van der Waals surface area contributed by atoms with Crippen LogP contribution < -0.4 is 15.0 Å². The molecule has 0 saturated carbocycles. The summed E-state index contributed by atoms with van der Waals surface area (Å²) in [7, 11) is -4.07. The molecule has 0 aliphatic carbocycles. The number of hydrogen-bond acceptors (Lipinski definition) is 5. The molecule has 0 spiro atoms. The molecule has 2 amide bonds. The number of halogens is 1. The van der Waals surface area contributed by atoms with Gasteiger partial charge in [-0.05, 0) is 67.1 Å². The van der Waals surface area contributed by atoms with E-state index in [0.717, 1.165) is 4.31 Å². The molecule has 0 aromatic heterocycles. The lowest BCUT2D eigenvalue weighted by Gasteiger charge is -2.24. The molecule has 4 aromatic carbocycles. The van der Waals surface area contributed by atoms with Gasteiger partial charge in [0.1, 0.15) is 6.54 Å². The van der Waals surface area contributed by atoms with Crippen LogP contribution in [0.2, 0.25) is 5.02 Å². The van der Waals surface area contributed by atoms with Gasteiger partial charge in [0.15, 0.2) is 0 Å². The fraction of sp³-hybridized carbons (Fsp3) is 0.0690. The maximum absolute atomic E-state index is 13.4. The van der Waals surface area contributed by atoms with Crippen LogP contribution in [0.15, 0.2) is 119 Å². The molecule has 0 heterocycles. The van der Waals surface area contributed by atoms with E-state index in [1.54, 1.807) is 91.9 Å². The highest BCUT2D eigenvalue weighted by Crippen LogP contribution is 2.26. The number of anilines is 2. The first-order chi connectivity index (χ1) is 18.7. The van der Waals surface area contributed by atoms with Crippen molar-refractivity contribution in [3.05, 3.63) is 125 Å². The van der Waals surface area contributed by atoms with Crippen molar-refractivity contribution >= 4 is 50.5 Å². The first-order valence-corrected chi connectivity index (χ1v) is 13.7. The minimum absolute atomic E-state index is 0.0341. The van der Waals surface area contributed by atoms with E-state index in [1.807, 2.05) is 6.07 Å². The third-order valence-electron chi connectivity index (χ3n) is 5.64. The predicted molar refractivity (Wildman–Crippen MR) is 154 cm³/mol. The Labute approximate surface area is 232 Å². The maximum atomic E-state index is 13.4. The number of carbonyl (C=O) groups excluding carboxylic acids is 2. The van der Waals surface area contributed by atoms with Gasteiger partial charge in [-0.3, -0.25) is 13.9 Å². The molecular formula is C29H25ClN4O4S. The Morgan fingerprint density at radius 1 is 0.821 bits per heavy atom. The summed E-state index contributed by atoms with van der Waals surface area (Å²) in [4.78, 5) is 25.4. The first-order valence-electron chi connectivity index (χ1n) is 11.9. The van der Waals surface area contributed by atoms with Gasteiger partial charge in [0.25, 0.3) is 21.8 Å². The molecule has 0 saturated heterocycles. The molecule has 0 atom stereocenters. The van der Waals surface area contributed by atoms with Gasteiger partial charge < -0.3 is 5.32 Å². The zero-order chi connectivity index (χ0) is 27.8. The predicted octanol–water partition coefficient (Wildman–Crippen LogP) is 5.33. The van der Waals surface area contributed by atoms with Crippen LogP contribution in [0.3, 0.4) is 0 Å². The topological polar surface area (TPSA) is 108 Å². The van der Waals surface area contributed by atoms with Crippen LogP contribution in [0.1, 0.15) is 22.8 Å². The van der Waals surface area contributed by atoms with E-state index in [9.17, 15) is 18.0 Å². The zero-order valence-corrected chi connectivity index (χ0v) is 22.5. The highest BCUT2D eigenvalue weighted by molar-refractivity contribution is 7.92. The third kappa shape index (κ3) is 7.10. The minimum Gasteiger partial charge on any atom is -0.322 e. The SMILES string of the molecule is C/C(=N/NC(=O)CN(c1cccc(Cl)c1)S(=O)(=O)c1ccccc1)c1cccc(NC(=O)c2ccccc2)c1. The van der Waals surface area contributed by atoms with Gasteiger partial charge in [0.05, 0.1) is 16.3 Å². The molecule has 0 radical (unpaired) electrons. The second-order valence-corrected chi connectivity index (χ2v) is 10.7. The molecule has 0 aliphatic heterocycles. The van der Waals surface area contributed by atoms with Gasteiger partial charge in [-0.25, -0.2) is 13.8 Å². The van der Waals surface area contributed by atoms with Crippen LogP contribution >= 0.6 is 11.6 Å². The molecule has 0 unspecified atom stereocenters. The van der Waals surface area contributed by atoms with E-state index in [0.29, 0.717) is 27.5 Å². The normalized spacial score (nSPS) is 11.5. The largest absolute Gasteiger partial charge is 0.322 e. The van der Waals surface area contributed by atoms with Crippen LogP contribution in [0.25, 0.3) is 0 Å². The average molecular weight is 561 g/mol. The van der Waals surface area contributed by atoms with Crippen LogP contribution in [-0.4, -0.2) is 32.5 Å². The summed E-state index contributed by atoms with van der Waals surface area (Å²) >= 11 is 6.10. The van der Waals surface area contributed by atoms with Crippen molar-refractivity contribution in [2.75, 3.05) is 16.2 Å². The minimum atomic E-state index is -4.07. The molecule has 10 heteroatoms. The molecule has 0 bridgehead atoms. The summed E-state index contributed by atoms with van der Waals surface area (Å²) in [6.07, 6.45) is 0. The smallest absolute Gasteiger partial charge is 0.264 e. The van der Waals surface area contributed by atoms with Crippen molar-refractivity contribution < 1.29 is 18.0 Å². The summed E-state index contributed by atoms with van der Waals surface area (Å²) in [5, 5.41) is 7.31. The second kappa shape index (κ2) is 12.4. The van der Waals surface area contributed by atoms with Crippen molar-refractivity contribution in [3.63, 3.8) is 0 Å². The molecule has 2 N–H and O–H groups in total. The lowest BCUT2D eigenvalue weighted by molar-refractivity contribution is -0.119. The molecule has 0 aliphatic rings. The number of carbonyl (C=O) groups is 2. The third-order valence-corrected chi connectivity index (χ3v) is 7.66. The summed E-state index contributed by atoms with van der Waals surface area (Å²) in [5.74, 6) is -0.904. The van der Waals surface area contributed by atoms with Gasteiger partial charge in [-0.2, -0.15) is 5.10 Å². The summed E-state index contributed by atoms with van der Waals surface area (Å²) in [6.45, 7) is 1.16. The quantitative estimate of drug-likeness (QED) is 0.213. The fourth-order valence-corrected chi connectivity index (χ4v) is 5.28. The highest BCUT2D eigenvalue weighted by atomic mass is 35.5. The molecule has 4 aromatic rings. The molecule has 39 heavy (non-hydrogen) atoms. The van der Waals surface area contributed by atoms with E-state index >= 15 is 0 Å². The monoisotopic (exact) mass is 560 g/mol. The van der Waals surface area contributed by atoms with Gasteiger partial charge in [-0.15, -0.1) is 0 Å². The number of hydrogen-bond donors (Lipinski definition) is 2. The first kappa shape index (κ1) is 27.6. The lowest BCUT2D eigenvalue weighted by Crippen LogP contribution is -2.39. The van der Waals surface area contributed by atoms with E-state index in [2.05, 4.69) is 15.8 Å². The number of hydrazone groups is 1. The van der Waals surface area contributed by atoms with E-state index in [4.69, 9.17) is 11.6 Å². The Morgan fingerprint density at radius 3 is 2.15 bits per heavy atom. The average Bonchev–Trinajstić information content (AvgIpc) is 2.95. The molecule has 4 rings (SSSR count). The van der Waals surface area contributed by atoms with Crippen molar-refractivity contribution in [2.24, 2.45) is 5.10 Å². The van der Waals surface area contributed by atoms with E-state index in [1.165, 1.54) is 18.2 Å². The van der Waals surface area contributed by atoms with E-state index in [-0.39, 0.29) is 16.5 Å². The van der Waals surface area contributed by atoms with Crippen molar-refractivity contribution in [1.82, 2.24) is 5.43 Å². The Balaban J connectivity index is 1.50. The standard InChI is InChI=1S/C29H25ClN4O4S/c1-21(23-12-8-14-25(18-23)31-29(36)22-10-4-2-5-11-22)32-33-28(35)20-34(26-15-9-13-24(30)19-26)39(37,38)27-16-6-3-7-17-27/h2-19H,20H2,1H3,(H,31,36)(H,33,35)/b32-21-. The van der Waals surface area contributed by atoms with Crippen LogP contribution in [0.5, 0.6) is 0 Å². The fourth-order valence-electron chi connectivity index (χ4n) is 3.66. The number of rotatable bonds is 9. The lowest BCUT2D eigenvalue weighted by atomic mass is 10.1. The second-order valence-electron chi connectivity index (χ2n) is 8.44. The molecule has 0 fully saturated rings. The molecule has 8 nitrogen and oxygen atoms in total. The summed E-state index contributed by atoms with van der Waals surface area (Å²) in [6, 6.07) is 29.9. The van der Waals surface area contributed by atoms with Crippen molar-refractivity contribution in [1.29, 1.82) is 0 Å². The van der Waals surface area contributed by atoms with Crippen LogP contribution in [0, 0.1) is 0 Å². The number of nitrogens with one attached hydrogen (secondary N) is 2. The van der Waals surface area contributed by atoms with Crippen LogP contribution in [-0.2, 0) is 14.8 Å². The molecular weight excluding hydrogens is 536 g/mol.